The Balaban J connectivity index is 0.000000113. The van der Waals surface area contributed by atoms with Crippen LogP contribution in [-0.2, 0) is 0 Å². The summed E-state index contributed by atoms with van der Waals surface area (Å²) in [6.07, 6.45) is 0. The molecule has 0 amide bonds. The van der Waals surface area contributed by atoms with Crippen molar-refractivity contribution in [1.82, 2.24) is 24.1 Å². The summed E-state index contributed by atoms with van der Waals surface area (Å²) in [6, 6.07) is 194. The summed E-state index contributed by atoms with van der Waals surface area (Å²) in [5.74, 6) is 1.94. The average molecular weight is 1850 g/mol. The van der Waals surface area contributed by atoms with Gasteiger partial charge in [-0.3, -0.25) is 0 Å². The number of hydrogen-bond donors (Lipinski definition) is 0. The van der Waals surface area contributed by atoms with Gasteiger partial charge in [-0.1, -0.05) is 388 Å². The van der Waals surface area contributed by atoms with E-state index in [2.05, 4.69) is 475 Å². The molecule has 0 atom stereocenters. The van der Waals surface area contributed by atoms with Crippen LogP contribution >= 0.6 is 0 Å². The maximum atomic E-state index is 6.03. The second-order valence-electron chi connectivity index (χ2n) is 36.7. The minimum Gasteiger partial charge on any atom is -0.456 e. The predicted octanol–water partition coefficient (Wildman–Crippen LogP) is 37.4. The minimum atomic E-state index is 0.639. The van der Waals surface area contributed by atoms with Gasteiger partial charge in [0.25, 0.3) is 0 Å². The molecular formula is C137H90N6O2. The van der Waals surface area contributed by atoms with Crippen LogP contribution in [0.1, 0.15) is 0 Å². The quantitative estimate of drug-likeness (QED) is 0.0897. The molecule has 0 aliphatic heterocycles. The smallest absolute Gasteiger partial charge is 0.164 e. The number of benzene rings is 23. The number of hydrogen-bond acceptors (Lipinski definition) is 6. The van der Waals surface area contributed by atoms with Crippen LogP contribution in [0.15, 0.2) is 555 Å². The zero-order valence-electron chi connectivity index (χ0n) is 79.0. The van der Waals surface area contributed by atoms with Gasteiger partial charge in [-0.15, -0.1) is 0 Å². The van der Waals surface area contributed by atoms with Gasteiger partial charge in [0, 0.05) is 88.2 Å². The summed E-state index contributed by atoms with van der Waals surface area (Å²) in [4.78, 5) is 17.1. The van der Waals surface area contributed by atoms with Crippen molar-refractivity contribution in [1.29, 1.82) is 0 Å². The molecule has 0 saturated heterocycles. The Bertz CT molecular complexity index is 9490. The first-order valence-electron chi connectivity index (χ1n) is 49.2. The topological polar surface area (TPSA) is 78.0 Å². The molecule has 0 N–H and O–H groups in total. The van der Waals surface area contributed by atoms with E-state index in [4.69, 9.17) is 23.8 Å². The van der Waals surface area contributed by atoms with Crippen molar-refractivity contribution in [2.75, 3.05) is 4.90 Å². The molecule has 0 saturated carbocycles. The third-order valence-electron chi connectivity index (χ3n) is 28.1. The van der Waals surface area contributed by atoms with Crippen LogP contribution in [0, 0.1) is 0 Å². The molecule has 0 spiro atoms. The molecule has 0 radical (unpaired) electrons. The highest BCUT2D eigenvalue weighted by molar-refractivity contribution is 6.24. The van der Waals surface area contributed by atoms with E-state index in [0.29, 0.717) is 17.5 Å². The highest BCUT2D eigenvalue weighted by Crippen LogP contribution is 2.51. The summed E-state index contributed by atoms with van der Waals surface area (Å²) >= 11 is 0. The Morgan fingerprint density at radius 1 is 0.152 bits per heavy atom. The number of rotatable bonds is 16. The van der Waals surface area contributed by atoms with Gasteiger partial charge in [0.15, 0.2) is 17.5 Å². The number of fused-ring (bicyclic) bond motifs is 14. The molecule has 28 rings (SSSR count). The Morgan fingerprint density at radius 3 is 0.862 bits per heavy atom. The lowest BCUT2D eigenvalue weighted by Crippen LogP contribution is -2.09. The third-order valence-corrected chi connectivity index (χ3v) is 28.1. The molecular weight excluding hydrogens is 1760 g/mol. The monoisotopic (exact) mass is 1850 g/mol. The number of anilines is 3. The van der Waals surface area contributed by atoms with Crippen molar-refractivity contribution in [2.24, 2.45) is 0 Å². The van der Waals surface area contributed by atoms with E-state index < -0.39 is 0 Å². The molecule has 5 heterocycles. The van der Waals surface area contributed by atoms with E-state index in [1.165, 1.54) is 143 Å². The zero-order chi connectivity index (χ0) is 96.0. The minimum absolute atomic E-state index is 0.639. The van der Waals surface area contributed by atoms with Crippen molar-refractivity contribution in [3.8, 4) is 135 Å². The molecule has 0 fully saturated rings. The maximum Gasteiger partial charge on any atom is 0.164 e. The lowest BCUT2D eigenvalue weighted by atomic mass is 9.82. The second-order valence-corrected chi connectivity index (χ2v) is 36.7. The van der Waals surface area contributed by atoms with Gasteiger partial charge in [0.1, 0.15) is 22.3 Å². The first kappa shape index (κ1) is 86.0. The Morgan fingerprint density at radius 2 is 0.434 bits per heavy atom. The number of para-hydroxylation sites is 7. The number of furan rings is 2. The highest BCUT2D eigenvalue weighted by Gasteiger charge is 2.26. The lowest BCUT2D eigenvalue weighted by Gasteiger charge is -2.27. The van der Waals surface area contributed by atoms with Crippen LogP contribution < -0.4 is 4.90 Å². The Labute approximate surface area is 838 Å². The van der Waals surface area contributed by atoms with E-state index in [1.807, 2.05) is 84.9 Å². The first-order valence-corrected chi connectivity index (χ1v) is 49.2. The first-order chi connectivity index (χ1) is 71.9. The number of aromatic nitrogens is 5. The predicted molar refractivity (Wildman–Crippen MR) is 605 cm³/mol. The standard InChI is InChI=1S/C51H33N5.C50H35N.C36H22O2/c1-4-14-34(15-5-1)49-52-50(35-16-6-2-7-17-35)54-51(53-49)36-24-28-40(29-25-36)56-46-23-13-11-21-42(46)44-33-38(27-31-48(44)56)37-26-30-47-43(32-37)41-20-10-12-22-45(41)55(47)39-18-8-3-9-19-39;1-5-19-36(20-6-1)41-27-13-15-29-43(41)49-45-31-17-18-32-46(45)50(44-30-16-14-28-42(44)37-21-7-2-8-22-37)48-35-40(33-34-47(48)49)51(38-23-9-3-10-24-38)39-25-11-4-12-26-39;1-3-13-33-29(11-1)31-21-27(15-17-35(31)37-33)25-9-5-7-23(19-25)24-8-6-10-26(20-24)28-16-18-36-32(22-28)30-12-2-4-14-34(30)38-36/h1-33H;1-35H;1-22H. The van der Waals surface area contributed by atoms with Crippen molar-refractivity contribution < 1.29 is 8.83 Å². The number of nitrogens with zero attached hydrogens (tertiary/aromatic N) is 6. The third kappa shape index (κ3) is 16.1. The molecule has 0 aliphatic rings. The normalized spacial score (nSPS) is 11.4. The van der Waals surface area contributed by atoms with Gasteiger partial charge in [-0.25, -0.2) is 15.0 Å². The van der Waals surface area contributed by atoms with Gasteiger partial charge in [0.2, 0.25) is 0 Å². The van der Waals surface area contributed by atoms with Gasteiger partial charge in [-0.2, -0.15) is 0 Å². The second kappa shape index (κ2) is 37.4. The summed E-state index contributed by atoms with van der Waals surface area (Å²) in [7, 11) is 0. The summed E-state index contributed by atoms with van der Waals surface area (Å²) in [5.41, 5.74) is 36.1. The molecule has 23 aromatic carbocycles. The summed E-state index contributed by atoms with van der Waals surface area (Å²) in [5, 5.41) is 14.4. The van der Waals surface area contributed by atoms with Gasteiger partial charge < -0.3 is 22.9 Å². The van der Waals surface area contributed by atoms with Crippen LogP contribution in [0.25, 0.3) is 244 Å². The van der Waals surface area contributed by atoms with Crippen molar-refractivity contribution in [2.45, 2.75) is 0 Å². The van der Waals surface area contributed by atoms with Crippen LogP contribution in [0.5, 0.6) is 0 Å². The molecule has 0 aliphatic carbocycles. The van der Waals surface area contributed by atoms with Crippen LogP contribution in [0.4, 0.5) is 17.1 Å². The Hall–Kier alpha value is -19.4. The maximum absolute atomic E-state index is 6.03. The fourth-order valence-corrected chi connectivity index (χ4v) is 21.3. The average Bonchev–Trinajstić information content (AvgIpc) is 1.31. The Kier molecular flexibility index (Phi) is 22.2. The highest BCUT2D eigenvalue weighted by atomic mass is 16.3. The molecule has 5 aromatic heterocycles. The van der Waals surface area contributed by atoms with E-state index in [9.17, 15) is 0 Å². The molecule has 0 bridgehead atoms. The molecule has 145 heavy (non-hydrogen) atoms. The largest absolute Gasteiger partial charge is 0.456 e. The van der Waals surface area contributed by atoms with Crippen molar-refractivity contribution in [3.63, 3.8) is 0 Å². The zero-order valence-corrected chi connectivity index (χ0v) is 79.0. The molecule has 0 unspecified atom stereocenters. The molecule has 28 aromatic rings. The van der Waals surface area contributed by atoms with E-state index in [1.54, 1.807) is 0 Å². The van der Waals surface area contributed by atoms with Crippen LogP contribution in [-0.4, -0.2) is 24.1 Å². The molecule has 8 nitrogen and oxygen atoms in total. The van der Waals surface area contributed by atoms with Crippen molar-refractivity contribution in [3.05, 3.63) is 546 Å². The van der Waals surface area contributed by atoms with Gasteiger partial charge in [0.05, 0.1) is 22.1 Å². The summed E-state index contributed by atoms with van der Waals surface area (Å²) < 4.78 is 16.8. The van der Waals surface area contributed by atoms with E-state index >= 15 is 0 Å². The van der Waals surface area contributed by atoms with Crippen LogP contribution in [0.2, 0.25) is 0 Å². The summed E-state index contributed by atoms with van der Waals surface area (Å²) in [6.45, 7) is 0. The fourth-order valence-electron chi connectivity index (χ4n) is 21.3. The van der Waals surface area contributed by atoms with E-state index in [0.717, 1.165) is 100 Å². The van der Waals surface area contributed by atoms with E-state index in [-0.39, 0.29) is 0 Å². The molecule has 680 valence electrons. The van der Waals surface area contributed by atoms with Crippen LogP contribution in [0.3, 0.4) is 0 Å². The lowest BCUT2D eigenvalue weighted by molar-refractivity contribution is 0.668. The SMILES string of the molecule is c1cc(-c2cccc(-c3ccc4oc5ccccc5c4c3)c2)cc(-c2ccc3oc4ccccc4c3c2)c1.c1ccc(-c2ccccc2-c2c3ccccc3c(-c3ccccc3-c3ccccc3)c3cc(N(c4ccccc4)c4ccccc4)ccc23)cc1.c1ccc(-c2nc(-c3ccccc3)nc(-c3ccc(-n4c5ccccc5c5cc(-c6ccc7c(c6)c6ccccc6n7-c6ccccc6)ccc54)cc3)n2)cc1. The van der Waals surface area contributed by atoms with Crippen molar-refractivity contribution >= 4 is 126 Å². The van der Waals surface area contributed by atoms with Gasteiger partial charge in [-0.05, 0) is 268 Å². The fraction of sp³-hybridized carbons (Fsp3) is 0. The molecule has 8 heteroatoms. The van der Waals surface area contributed by atoms with Gasteiger partial charge >= 0.3 is 0 Å².